The second kappa shape index (κ2) is 5.04. The zero-order valence-electron chi connectivity index (χ0n) is 11.7. The molecule has 4 rings (SSSR count). The van der Waals surface area contributed by atoms with E-state index in [4.69, 9.17) is 0 Å². The van der Waals surface area contributed by atoms with E-state index in [1.807, 2.05) is 18.2 Å². The normalized spacial score (nSPS) is 17.6. The Balaban J connectivity index is 1.92. The first-order valence-electron chi connectivity index (χ1n) is 7.19. The highest BCUT2D eigenvalue weighted by Crippen LogP contribution is 2.38. The minimum Gasteiger partial charge on any atom is -0.508 e. The van der Waals surface area contributed by atoms with E-state index in [-0.39, 0.29) is 17.5 Å². The van der Waals surface area contributed by atoms with Gasteiger partial charge in [-0.1, -0.05) is 15.9 Å². The average Bonchev–Trinajstić information content (AvgIpc) is 2.88. The lowest BCUT2D eigenvalue weighted by molar-refractivity contribution is 0.452. The van der Waals surface area contributed by atoms with Gasteiger partial charge in [0.15, 0.2) is 0 Å². The predicted octanol–water partition coefficient (Wildman–Crippen LogP) is 3.58. The summed E-state index contributed by atoms with van der Waals surface area (Å²) in [6.45, 7) is 0.826. The van der Waals surface area contributed by atoms with Gasteiger partial charge in [-0.15, -0.1) is 0 Å². The number of hydrogen-bond donors (Lipinski definition) is 4. The van der Waals surface area contributed by atoms with E-state index in [2.05, 4.69) is 26.2 Å². The number of aromatic nitrogens is 1. The van der Waals surface area contributed by atoms with Gasteiger partial charge in [-0.05, 0) is 48.4 Å². The summed E-state index contributed by atoms with van der Waals surface area (Å²) >= 11 is 3.46. The highest BCUT2D eigenvalue weighted by molar-refractivity contribution is 9.10. The predicted molar refractivity (Wildman–Crippen MR) is 89.3 cm³/mol. The van der Waals surface area contributed by atoms with E-state index in [1.165, 1.54) is 5.56 Å². The molecule has 2 heterocycles. The lowest BCUT2D eigenvalue weighted by atomic mass is 9.94. The van der Waals surface area contributed by atoms with Gasteiger partial charge >= 0.3 is 0 Å². The molecule has 0 aliphatic carbocycles. The van der Waals surface area contributed by atoms with Gasteiger partial charge in [0.05, 0.1) is 6.04 Å². The molecule has 22 heavy (non-hydrogen) atoms. The van der Waals surface area contributed by atoms with Crippen molar-refractivity contribution in [1.82, 2.24) is 10.3 Å². The van der Waals surface area contributed by atoms with Gasteiger partial charge in [0.2, 0.25) is 0 Å². The molecule has 0 amide bonds. The van der Waals surface area contributed by atoms with Crippen molar-refractivity contribution in [2.75, 3.05) is 6.54 Å². The van der Waals surface area contributed by atoms with Crippen LogP contribution in [0.25, 0.3) is 10.9 Å². The van der Waals surface area contributed by atoms with Gasteiger partial charge in [-0.25, -0.2) is 0 Å². The van der Waals surface area contributed by atoms with Crippen molar-refractivity contribution >= 4 is 26.8 Å². The van der Waals surface area contributed by atoms with Crippen LogP contribution >= 0.6 is 15.9 Å². The molecule has 1 aromatic heterocycles. The number of aromatic amines is 1. The maximum absolute atomic E-state index is 10.2. The smallest absolute Gasteiger partial charge is 0.120 e. The molecular formula is C17H15BrN2O2. The van der Waals surface area contributed by atoms with Crippen molar-refractivity contribution in [3.63, 3.8) is 0 Å². The quantitative estimate of drug-likeness (QED) is 0.537. The van der Waals surface area contributed by atoms with Crippen LogP contribution < -0.4 is 5.32 Å². The third kappa shape index (κ3) is 2.09. The van der Waals surface area contributed by atoms with Gasteiger partial charge in [-0.3, -0.25) is 0 Å². The van der Waals surface area contributed by atoms with Crippen LogP contribution in [0.5, 0.6) is 11.5 Å². The fraction of sp³-hybridized carbons (Fsp3) is 0.176. The third-order valence-electron chi connectivity index (χ3n) is 4.24. The van der Waals surface area contributed by atoms with E-state index in [1.54, 1.807) is 18.2 Å². The molecule has 0 spiro atoms. The fourth-order valence-electron chi connectivity index (χ4n) is 3.24. The number of fused-ring (bicyclic) bond motifs is 3. The molecule has 0 saturated heterocycles. The molecule has 0 radical (unpaired) electrons. The van der Waals surface area contributed by atoms with Crippen molar-refractivity contribution in [2.24, 2.45) is 0 Å². The van der Waals surface area contributed by atoms with Crippen LogP contribution in [-0.4, -0.2) is 21.7 Å². The van der Waals surface area contributed by atoms with Crippen molar-refractivity contribution < 1.29 is 10.2 Å². The second-order valence-corrected chi connectivity index (χ2v) is 6.50. The van der Waals surface area contributed by atoms with Gasteiger partial charge in [0.1, 0.15) is 11.5 Å². The number of aromatic hydroxyl groups is 2. The zero-order chi connectivity index (χ0) is 15.3. The molecule has 2 aromatic carbocycles. The molecule has 4 N–H and O–H groups in total. The minimum absolute atomic E-state index is 0.0872. The summed E-state index contributed by atoms with van der Waals surface area (Å²) in [6, 6.07) is 10.7. The van der Waals surface area contributed by atoms with Gasteiger partial charge in [0.25, 0.3) is 0 Å². The Morgan fingerprint density at radius 1 is 1.09 bits per heavy atom. The lowest BCUT2D eigenvalue weighted by Crippen LogP contribution is -2.30. The minimum atomic E-state index is -0.0872. The van der Waals surface area contributed by atoms with Crippen LogP contribution in [0.1, 0.15) is 22.9 Å². The Hall–Kier alpha value is -1.98. The summed E-state index contributed by atoms with van der Waals surface area (Å²) in [5.74, 6) is 0.546. The Labute approximate surface area is 135 Å². The first kappa shape index (κ1) is 13.7. The van der Waals surface area contributed by atoms with E-state index in [0.717, 1.165) is 39.6 Å². The maximum atomic E-state index is 10.2. The lowest BCUT2D eigenvalue weighted by Gasteiger charge is -2.25. The number of benzene rings is 2. The first-order valence-corrected chi connectivity index (χ1v) is 7.98. The Bertz CT molecular complexity index is 872. The maximum Gasteiger partial charge on any atom is 0.120 e. The summed E-state index contributed by atoms with van der Waals surface area (Å²) in [6.07, 6.45) is 0.893. The zero-order valence-corrected chi connectivity index (χ0v) is 13.3. The van der Waals surface area contributed by atoms with Crippen molar-refractivity contribution in [3.8, 4) is 11.5 Å². The molecule has 5 heteroatoms. The molecule has 1 unspecified atom stereocenters. The monoisotopic (exact) mass is 358 g/mol. The van der Waals surface area contributed by atoms with Gasteiger partial charge in [-0.2, -0.15) is 0 Å². The Morgan fingerprint density at radius 3 is 2.82 bits per heavy atom. The number of rotatable bonds is 1. The van der Waals surface area contributed by atoms with Gasteiger partial charge in [0, 0.05) is 33.2 Å². The number of phenolic OH excluding ortho intramolecular Hbond substituents is 2. The number of nitrogens with one attached hydrogen (secondary N) is 2. The van der Waals surface area contributed by atoms with Crippen LogP contribution in [0.2, 0.25) is 0 Å². The van der Waals surface area contributed by atoms with Crippen molar-refractivity contribution in [2.45, 2.75) is 12.5 Å². The summed E-state index contributed by atoms with van der Waals surface area (Å²) in [5.41, 5.74) is 4.10. The third-order valence-corrected chi connectivity index (χ3v) is 4.73. The number of halogens is 1. The molecule has 1 aliphatic rings. The number of phenols is 2. The highest BCUT2D eigenvalue weighted by atomic mass is 79.9. The van der Waals surface area contributed by atoms with Gasteiger partial charge < -0.3 is 20.5 Å². The van der Waals surface area contributed by atoms with Crippen LogP contribution in [0.4, 0.5) is 0 Å². The summed E-state index contributed by atoms with van der Waals surface area (Å²) in [5, 5.41) is 24.5. The van der Waals surface area contributed by atoms with Crippen molar-refractivity contribution in [3.05, 3.63) is 57.7 Å². The molecule has 0 fully saturated rings. The van der Waals surface area contributed by atoms with E-state index in [0.29, 0.717) is 0 Å². The van der Waals surface area contributed by atoms with Crippen molar-refractivity contribution in [1.29, 1.82) is 0 Å². The molecule has 1 aliphatic heterocycles. The number of hydrogen-bond acceptors (Lipinski definition) is 3. The summed E-state index contributed by atoms with van der Waals surface area (Å²) in [4.78, 5) is 3.44. The molecule has 112 valence electrons. The first-order chi connectivity index (χ1) is 10.6. The van der Waals surface area contributed by atoms with Crippen LogP contribution in [0.15, 0.2) is 40.9 Å². The van der Waals surface area contributed by atoms with Crippen LogP contribution in [-0.2, 0) is 6.42 Å². The Morgan fingerprint density at radius 2 is 1.95 bits per heavy atom. The van der Waals surface area contributed by atoms with Crippen LogP contribution in [0.3, 0.4) is 0 Å². The highest BCUT2D eigenvalue weighted by Gasteiger charge is 2.27. The molecule has 0 saturated carbocycles. The molecule has 4 nitrogen and oxygen atoms in total. The Kier molecular flexibility index (Phi) is 3.13. The largest absolute Gasteiger partial charge is 0.508 e. The molecule has 3 aromatic rings. The second-order valence-electron chi connectivity index (χ2n) is 5.59. The van der Waals surface area contributed by atoms with E-state index < -0.39 is 0 Å². The molecule has 1 atom stereocenters. The standard InChI is InChI=1S/C17H15BrN2O2/c18-9-1-4-15(22)13(7-9)16-17-11(5-6-19-16)12-8-10(21)2-3-14(12)20-17/h1-4,7-8,16,19-22H,5-6H2. The molecular weight excluding hydrogens is 344 g/mol. The molecule has 0 bridgehead atoms. The van der Waals surface area contributed by atoms with E-state index in [9.17, 15) is 10.2 Å². The van der Waals surface area contributed by atoms with Crippen LogP contribution in [0, 0.1) is 0 Å². The summed E-state index contributed by atoms with van der Waals surface area (Å²) < 4.78 is 0.933. The average molecular weight is 359 g/mol. The topological polar surface area (TPSA) is 68.3 Å². The summed E-state index contributed by atoms with van der Waals surface area (Å²) in [7, 11) is 0. The SMILES string of the molecule is Oc1ccc2[nH]c3c(c2c1)CCNC3c1cc(Br)ccc1O. The van der Waals surface area contributed by atoms with E-state index >= 15 is 0 Å². The fourth-order valence-corrected chi connectivity index (χ4v) is 3.62. The number of H-pyrrole nitrogens is 1.